The Balaban J connectivity index is 3.09. The lowest BCUT2D eigenvalue weighted by Gasteiger charge is -1.97. The van der Waals surface area contributed by atoms with Crippen LogP contribution in [0.4, 0.5) is 4.39 Å². The number of hydrogen-bond donors (Lipinski definition) is 1. The lowest BCUT2D eigenvalue weighted by atomic mass is 10.2. The first-order valence-electron chi connectivity index (χ1n) is 3.07. The van der Waals surface area contributed by atoms with E-state index in [1.165, 1.54) is 6.07 Å². The number of aryl methyl sites for hydroxylation is 1. The number of aromatic nitrogens is 1. The largest absolute Gasteiger partial charge is 0.506 e. The first kappa shape index (κ1) is 6.99. The maximum absolute atomic E-state index is 12.5. The highest BCUT2D eigenvalue weighted by Gasteiger charge is 2.00. The number of pyridine rings is 1. The third-order valence-electron chi connectivity index (χ3n) is 1.28. The Hall–Kier alpha value is -1.12. The standard InChI is InChI=1S/C7H8FNO/c1-2-5-3-6(10)4-9-7(5)8/h3-4,10H,2H2,1H3. The predicted octanol–water partition coefficient (Wildman–Crippen LogP) is 1.49. The van der Waals surface area contributed by atoms with Crippen molar-refractivity contribution in [1.82, 2.24) is 4.98 Å². The number of hydrogen-bond acceptors (Lipinski definition) is 2. The molecule has 54 valence electrons. The first-order valence-corrected chi connectivity index (χ1v) is 3.07. The molecule has 0 bridgehead atoms. The van der Waals surface area contributed by atoms with Gasteiger partial charge in [-0.3, -0.25) is 0 Å². The maximum atomic E-state index is 12.5. The van der Waals surface area contributed by atoms with Crippen molar-refractivity contribution in [1.29, 1.82) is 0 Å². The first-order chi connectivity index (χ1) is 4.74. The molecule has 0 saturated carbocycles. The van der Waals surface area contributed by atoms with Gasteiger partial charge >= 0.3 is 0 Å². The van der Waals surface area contributed by atoms with Crippen molar-refractivity contribution in [3.05, 3.63) is 23.8 Å². The van der Waals surface area contributed by atoms with Crippen molar-refractivity contribution in [2.75, 3.05) is 0 Å². The van der Waals surface area contributed by atoms with Crippen LogP contribution in [-0.4, -0.2) is 10.1 Å². The van der Waals surface area contributed by atoms with Crippen LogP contribution in [0.3, 0.4) is 0 Å². The highest BCUT2D eigenvalue weighted by molar-refractivity contribution is 5.22. The SMILES string of the molecule is CCc1cc(O)cnc1F. The van der Waals surface area contributed by atoms with Crippen LogP contribution in [-0.2, 0) is 6.42 Å². The topological polar surface area (TPSA) is 33.1 Å². The van der Waals surface area contributed by atoms with Gasteiger partial charge in [0.25, 0.3) is 0 Å². The predicted molar refractivity (Wildman–Crippen MR) is 35.2 cm³/mol. The smallest absolute Gasteiger partial charge is 0.216 e. The fourth-order valence-electron chi connectivity index (χ4n) is 0.729. The molecule has 0 aliphatic heterocycles. The van der Waals surface area contributed by atoms with E-state index < -0.39 is 5.95 Å². The van der Waals surface area contributed by atoms with Gasteiger partial charge in [0.2, 0.25) is 5.95 Å². The molecule has 1 heterocycles. The second-order valence-electron chi connectivity index (χ2n) is 2.00. The Bertz CT molecular complexity index is 237. The van der Waals surface area contributed by atoms with E-state index in [1.54, 1.807) is 6.92 Å². The van der Waals surface area contributed by atoms with E-state index in [0.29, 0.717) is 12.0 Å². The zero-order chi connectivity index (χ0) is 7.56. The molecule has 1 N–H and O–H groups in total. The minimum atomic E-state index is -0.500. The highest BCUT2D eigenvalue weighted by Crippen LogP contribution is 2.12. The summed E-state index contributed by atoms with van der Waals surface area (Å²) in [5.41, 5.74) is 0.444. The second kappa shape index (κ2) is 2.64. The van der Waals surface area contributed by atoms with E-state index in [2.05, 4.69) is 4.98 Å². The van der Waals surface area contributed by atoms with Crippen molar-refractivity contribution >= 4 is 0 Å². The minimum Gasteiger partial charge on any atom is -0.506 e. The zero-order valence-electron chi connectivity index (χ0n) is 5.63. The molecular weight excluding hydrogens is 133 g/mol. The van der Waals surface area contributed by atoms with Crippen molar-refractivity contribution in [2.24, 2.45) is 0 Å². The van der Waals surface area contributed by atoms with E-state index in [-0.39, 0.29) is 5.75 Å². The van der Waals surface area contributed by atoms with Crippen LogP contribution in [0.2, 0.25) is 0 Å². The molecule has 0 aliphatic carbocycles. The van der Waals surface area contributed by atoms with Gasteiger partial charge in [-0.05, 0) is 12.5 Å². The maximum Gasteiger partial charge on any atom is 0.216 e. The monoisotopic (exact) mass is 141 g/mol. The molecule has 0 amide bonds. The van der Waals surface area contributed by atoms with Crippen LogP contribution in [0.5, 0.6) is 5.75 Å². The average Bonchev–Trinajstić information content (AvgIpc) is 1.94. The molecule has 0 aromatic carbocycles. The Morgan fingerprint density at radius 2 is 2.40 bits per heavy atom. The molecule has 1 rings (SSSR count). The van der Waals surface area contributed by atoms with Crippen molar-refractivity contribution < 1.29 is 9.50 Å². The van der Waals surface area contributed by atoms with Gasteiger partial charge in [-0.1, -0.05) is 6.92 Å². The quantitative estimate of drug-likeness (QED) is 0.601. The Morgan fingerprint density at radius 3 is 2.90 bits per heavy atom. The van der Waals surface area contributed by atoms with Gasteiger partial charge in [0.15, 0.2) is 0 Å². The van der Waals surface area contributed by atoms with Gasteiger partial charge in [-0.2, -0.15) is 4.39 Å². The summed E-state index contributed by atoms with van der Waals surface area (Å²) in [5.74, 6) is -0.487. The van der Waals surface area contributed by atoms with Crippen LogP contribution in [0.15, 0.2) is 12.3 Å². The molecule has 1 aromatic rings. The Labute approximate surface area is 58.3 Å². The summed E-state index contributed by atoms with van der Waals surface area (Å²) in [6.07, 6.45) is 1.64. The number of halogens is 1. The summed E-state index contributed by atoms with van der Waals surface area (Å²) < 4.78 is 12.5. The van der Waals surface area contributed by atoms with Crippen LogP contribution < -0.4 is 0 Å². The fourth-order valence-corrected chi connectivity index (χ4v) is 0.729. The number of nitrogens with zero attached hydrogens (tertiary/aromatic N) is 1. The number of rotatable bonds is 1. The third-order valence-corrected chi connectivity index (χ3v) is 1.28. The molecular formula is C7H8FNO. The van der Waals surface area contributed by atoms with Gasteiger partial charge in [0.05, 0.1) is 6.20 Å². The average molecular weight is 141 g/mol. The molecule has 3 heteroatoms. The summed E-state index contributed by atoms with van der Waals surface area (Å²) in [4.78, 5) is 3.33. The molecule has 0 atom stereocenters. The molecule has 10 heavy (non-hydrogen) atoms. The van der Waals surface area contributed by atoms with E-state index in [0.717, 1.165) is 6.20 Å². The van der Waals surface area contributed by atoms with Gasteiger partial charge in [-0.25, -0.2) is 4.98 Å². The summed E-state index contributed by atoms with van der Waals surface area (Å²) in [5, 5.41) is 8.84. The van der Waals surface area contributed by atoms with E-state index in [4.69, 9.17) is 5.11 Å². The molecule has 0 fully saturated rings. The Kier molecular flexibility index (Phi) is 1.85. The molecule has 0 unspecified atom stereocenters. The summed E-state index contributed by atoms with van der Waals surface area (Å²) in [6.45, 7) is 1.81. The van der Waals surface area contributed by atoms with Crippen LogP contribution in [0, 0.1) is 5.95 Å². The summed E-state index contributed by atoms with van der Waals surface area (Å²) in [7, 11) is 0. The second-order valence-corrected chi connectivity index (χ2v) is 2.00. The number of aromatic hydroxyl groups is 1. The van der Waals surface area contributed by atoms with E-state index >= 15 is 0 Å². The van der Waals surface area contributed by atoms with Crippen LogP contribution in [0.1, 0.15) is 12.5 Å². The fraction of sp³-hybridized carbons (Fsp3) is 0.286. The van der Waals surface area contributed by atoms with Crippen molar-refractivity contribution in [3.8, 4) is 5.75 Å². The van der Waals surface area contributed by atoms with Gasteiger partial charge < -0.3 is 5.11 Å². The highest BCUT2D eigenvalue weighted by atomic mass is 19.1. The summed E-state index contributed by atoms with van der Waals surface area (Å²) in [6, 6.07) is 1.38. The lowest BCUT2D eigenvalue weighted by Crippen LogP contribution is -1.89. The lowest BCUT2D eigenvalue weighted by molar-refractivity contribution is 0.464. The van der Waals surface area contributed by atoms with Crippen LogP contribution >= 0.6 is 0 Å². The molecule has 0 spiro atoms. The van der Waals surface area contributed by atoms with Gasteiger partial charge in [0.1, 0.15) is 5.75 Å². The van der Waals surface area contributed by atoms with Crippen LogP contribution in [0.25, 0.3) is 0 Å². The van der Waals surface area contributed by atoms with Crippen molar-refractivity contribution in [3.63, 3.8) is 0 Å². The van der Waals surface area contributed by atoms with Crippen molar-refractivity contribution in [2.45, 2.75) is 13.3 Å². The normalized spacial score (nSPS) is 9.80. The molecule has 2 nitrogen and oxygen atoms in total. The molecule has 1 aromatic heterocycles. The third kappa shape index (κ3) is 1.23. The van der Waals surface area contributed by atoms with E-state index in [1.807, 2.05) is 0 Å². The molecule has 0 saturated heterocycles. The Morgan fingerprint density at radius 1 is 1.70 bits per heavy atom. The molecule has 0 aliphatic rings. The van der Waals surface area contributed by atoms with Gasteiger partial charge in [0, 0.05) is 5.56 Å². The van der Waals surface area contributed by atoms with Gasteiger partial charge in [-0.15, -0.1) is 0 Å². The minimum absolute atomic E-state index is 0.0123. The molecule has 0 radical (unpaired) electrons. The summed E-state index contributed by atoms with van der Waals surface area (Å²) >= 11 is 0. The van der Waals surface area contributed by atoms with E-state index in [9.17, 15) is 4.39 Å². The zero-order valence-corrected chi connectivity index (χ0v) is 5.63.